The first-order chi connectivity index (χ1) is 8.28. The maximum atomic E-state index is 12.0. The molecule has 1 aliphatic rings. The summed E-state index contributed by atoms with van der Waals surface area (Å²) in [5, 5.41) is 6.13. The Hall–Kier alpha value is -1.08. The molecule has 0 spiro atoms. The number of hydrogen-bond acceptors (Lipinski definition) is 4. The molecular formula is C10H14ClN3O3S. The van der Waals surface area contributed by atoms with E-state index in [4.69, 9.17) is 11.6 Å². The minimum atomic E-state index is -3.15. The van der Waals surface area contributed by atoms with Gasteiger partial charge in [-0.15, -0.1) is 11.6 Å². The second-order valence-electron chi connectivity index (χ2n) is 4.47. The Labute approximate surface area is 110 Å². The lowest BCUT2D eigenvalue weighted by Gasteiger charge is -2.14. The summed E-state index contributed by atoms with van der Waals surface area (Å²) in [5.74, 6) is -0.556. The molecule has 2 rings (SSSR count). The van der Waals surface area contributed by atoms with Gasteiger partial charge in [0.2, 0.25) is 0 Å². The first-order valence-electron chi connectivity index (χ1n) is 5.44. The molecule has 1 aliphatic heterocycles. The van der Waals surface area contributed by atoms with Crippen molar-refractivity contribution < 1.29 is 13.2 Å². The molecule has 100 valence electrons. The van der Waals surface area contributed by atoms with Crippen LogP contribution in [0.5, 0.6) is 0 Å². The molecule has 0 aromatic carbocycles. The van der Waals surface area contributed by atoms with Gasteiger partial charge >= 0.3 is 0 Å². The van der Waals surface area contributed by atoms with Crippen LogP contribution in [-0.2, 0) is 16.9 Å². The maximum absolute atomic E-state index is 12.0. The molecule has 1 aromatic rings. The molecule has 0 radical (unpaired) electrons. The third-order valence-electron chi connectivity index (χ3n) is 2.83. The second-order valence-corrected chi connectivity index (χ2v) is 7.18. The predicted octanol–water partition coefficient (Wildman–Crippen LogP) is -0.137. The van der Waals surface area contributed by atoms with Crippen LogP contribution in [0, 0.1) is 6.92 Å². The fourth-order valence-corrected chi connectivity index (χ4v) is 4.55. The number of halogens is 1. The van der Waals surface area contributed by atoms with Gasteiger partial charge in [-0.1, -0.05) is 0 Å². The smallest absolute Gasteiger partial charge is 0.269 e. The molecule has 2 heterocycles. The molecule has 8 heteroatoms. The summed E-state index contributed by atoms with van der Waals surface area (Å²) < 4.78 is 24.2. The van der Waals surface area contributed by atoms with Gasteiger partial charge in [-0.2, -0.15) is 5.10 Å². The summed E-state index contributed by atoms with van der Waals surface area (Å²) in [6, 6.07) is 1.10. The Kier molecular flexibility index (Phi) is 3.37. The van der Waals surface area contributed by atoms with Crippen LogP contribution >= 0.6 is 11.6 Å². The Morgan fingerprint density at radius 1 is 1.56 bits per heavy atom. The van der Waals surface area contributed by atoms with Crippen molar-refractivity contribution in [2.24, 2.45) is 7.05 Å². The highest BCUT2D eigenvalue weighted by Gasteiger charge is 2.37. The fourth-order valence-electron chi connectivity index (χ4n) is 2.00. The van der Waals surface area contributed by atoms with E-state index in [1.54, 1.807) is 20.0 Å². The maximum Gasteiger partial charge on any atom is 0.269 e. The molecule has 1 fully saturated rings. The Morgan fingerprint density at radius 3 is 2.67 bits per heavy atom. The molecule has 6 nitrogen and oxygen atoms in total. The van der Waals surface area contributed by atoms with Gasteiger partial charge in [-0.05, 0) is 13.0 Å². The van der Waals surface area contributed by atoms with Gasteiger partial charge in [0.15, 0.2) is 9.84 Å². The molecule has 1 aromatic heterocycles. The van der Waals surface area contributed by atoms with Crippen LogP contribution in [-0.4, -0.2) is 47.0 Å². The molecule has 1 N–H and O–H groups in total. The van der Waals surface area contributed by atoms with Crippen LogP contribution in [0.1, 0.15) is 16.2 Å². The van der Waals surface area contributed by atoms with Crippen LogP contribution in [0.2, 0.25) is 0 Å². The topological polar surface area (TPSA) is 81.1 Å². The van der Waals surface area contributed by atoms with E-state index in [9.17, 15) is 13.2 Å². The minimum absolute atomic E-state index is 0.0933. The Bertz CT molecular complexity index is 581. The zero-order chi connectivity index (χ0) is 13.5. The van der Waals surface area contributed by atoms with Crippen LogP contribution < -0.4 is 5.32 Å². The molecule has 2 unspecified atom stereocenters. The molecular weight excluding hydrogens is 278 g/mol. The van der Waals surface area contributed by atoms with Crippen LogP contribution in [0.3, 0.4) is 0 Å². The van der Waals surface area contributed by atoms with Crippen LogP contribution in [0.15, 0.2) is 6.07 Å². The van der Waals surface area contributed by atoms with Gasteiger partial charge in [0.1, 0.15) is 5.69 Å². The van der Waals surface area contributed by atoms with E-state index in [1.807, 2.05) is 0 Å². The van der Waals surface area contributed by atoms with Crippen molar-refractivity contribution in [2.45, 2.75) is 18.3 Å². The molecule has 18 heavy (non-hydrogen) atoms. The average molecular weight is 292 g/mol. The van der Waals surface area contributed by atoms with E-state index in [-0.39, 0.29) is 17.4 Å². The molecule has 1 saturated heterocycles. The number of alkyl halides is 1. The predicted molar refractivity (Wildman–Crippen MR) is 67.5 cm³/mol. The molecule has 1 amide bonds. The van der Waals surface area contributed by atoms with Gasteiger partial charge in [0, 0.05) is 7.05 Å². The normalized spacial score (nSPS) is 26.2. The quantitative estimate of drug-likeness (QED) is 0.769. The average Bonchev–Trinajstić information content (AvgIpc) is 2.66. The van der Waals surface area contributed by atoms with E-state index >= 15 is 0 Å². The van der Waals surface area contributed by atoms with Crippen LogP contribution in [0.25, 0.3) is 0 Å². The van der Waals surface area contributed by atoms with Gasteiger partial charge in [-0.3, -0.25) is 9.48 Å². The number of sulfone groups is 1. The fraction of sp³-hybridized carbons (Fsp3) is 0.600. The second kappa shape index (κ2) is 4.55. The first kappa shape index (κ1) is 13.4. The summed E-state index contributed by atoms with van der Waals surface area (Å²) in [6.07, 6.45) is 0. The van der Waals surface area contributed by atoms with Crippen molar-refractivity contribution >= 4 is 27.3 Å². The number of aryl methyl sites for hydroxylation is 2. The SMILES string of the molecule is Cc1cc(C(=O)NC2CS(=O)(=O)CC2Cl)n(C)n1. The molecule has 0 saturated carbocycles. The minimum Gasteiger partial charge on any atom is -0.345 e. The summed E-state index contributed by atoms with van der Waals surface area (Å²) in [6.45, 7) is 1.78. The summed E-state index contributed by atoms with van der Waals surface area (Å²) in [4.78, 5) is 12.0. The first-order valence-corrected chi connectivity index (χ1v) is 7.70. The van der Waals surface area contributed by atoms with Crippen molar-refractivity contribution in [2.75, 3.05) is 11.5 Å². The summed E-state index contributed by atoms with van der Waals surface area (Å²) in [7, 11) is -1.49. The number of carbonyl (C=O) groups excluding carboxylic acids is 1. The van der Waals surface area contributed by atoms with Crippen molar-refractivity contribution in [3.63, 3.8) is 0 Å². The molecule has 0 aliphatic carbocycles. The van der Waals surface area contributed by atoms with E-state index in [0.29, 0.717) is 5.69 Å². The lowest BCUT2D eigenvalue weighted by Crippen LogP contribution is -2.41. The highest BCUT2D eigenvalue weighted by Crippen LogP contribution is 2.18. The number of hydrogen-bond donors (Lipinski definition) is 1. The van der Waals surface area contributed by atoms with Crippen molar-refractivity contribution in [1.29, 1.82) is 0 Å². The van der Waals surface area contributed by atoms with Gasteiger partial charge < -0.3 is 5.32 Å². The lowest BCUT2D eigenvalue weighted by atomic mass is 10.2. The number of nitrogens with zero attached hydrogens (tertiary/aromatic N) is 2. The largest absolute Gasteiger partial charge is 0.345 e. The van der Waals surface area contributed by atoms with Gasteiger partial charge in [0.05, 0.1) is 28.6 Å². The van der Waals surface area contributed by atoms with E-state index < -0.39 is 21.3 Å². The number of nitrogens with one attached hydrogen (secondary N) is 1. The third-order valence-corrected chi connectivity index (χ3v) is 5.21. The third kappa shape index (κ3) is 2.67. The van der Waals surface area contributed by atoms with Crippen molar-refractivity contribution in [3.05, 3.63) is 17.5 Å². The van der Waals surface area contributed by atoms with E-state index in [1.165, 1.54) is 4.68 Å². The van der Waals surface area contributed by atoms with Crippen molar-refractivity contribution in [3.8, 4) is 0 Å². The zero-order valence-corrected chi connectivity index (χ0v) is 11.6. The molecule has 2 atom stereocenters. The number of carbonyl (C=O) groups is 1. The van der Waals surface area contributed by atoms with Crippen molar-refractivity contribution in [1.82, 2.24) is 15.1 Å². The van der Waals surface area contributed by atoms with E-state index in [0.717, 1.165) is 5.69 Å². The molecule has 0 bridgehead atoms. The highest BCUT2D eigenvalue weighted by molar-refractivity contribution is 7.91. The number of amides is 1. The Morgan fingerprint density at radius 2 is 2.22 bits per heavy atom. The van der Waals surface area contributed by atoms with Crippen LogP contribution in [0.4, 0.5) is 0 Å². The Balaban J connectivity index is 2.11. The van der Waals surface area contributed by atoms with Gasteiger partial charge in [-0.25, -0.2) is 8.42 Å². The lowest BCUT2D eigenvalue weighted by molar-refractivity contribution is 0.0932. The zero-order valence-electron chi connectivity index (χ0n) is 10.1. The standard InChI is InChI=1S/C10H14ClN3O3S/c1-6-3-9(14(2)13-6)10(15)12-8-5-18(16,17)4-7(8)11/h3,7-8H,4-5H2,1-2H3,(H,12,15). The number of rotatable bonds is 2. The monoisotopic (exact) mass is 291 g/mol. The van der Waals surface area contributed by atoms with E-state index in [2.05, 4.69) is 10.4 Å². The summed E-state index contributed by atoms with van der Waals surface area (Å²) >= 11 is 5.92. The van der Waals surface area contributed by atoms with Gasteiger partial charge in [0.25, 0.3) is 5.91 Å². The summed E-state index contributed by atoms with van der Waals surface area (Å²) in [5.41, 5.74) is 1.12. The number of aromatic nitrogens is 2. The highest BCUT2D eigenvalue weighted by atomic mass is 35.5.